The first kappa shape index (κ1) is 18.2. The van der Waals surface area contributed by atoms with Gasteiger partial charge in [-0.2, -0.15) is 10.1 Å². The van der Waals surface area contributed by atoms with E-state index in [1.54, 1.807) is 24.1 Å². The van der Waals surface area contributed by atoms with Crippen molar-refractivity contribution in [3.05, 3.63) is 57.9 Å². The minimum absolute atomic E-state index is 0.129. The van der Waals surface area contributed by atoms with Crippen LogP contribution >= 0.6 is 0 Å². The Morgan fingerprint density at radius 2 is 2.29 bits per heavy atom. The Morgan fingerprint density at radius 3 is 3.04 bits per heavy atom. The molecule has 1 fully saturated rings. The van der Waals surface area contributed by atoms with Gasteiger partial charge < -0.3 is 9.26 Å². The summed E-state index contributed by atoms with van der Waals surface area (Å²) in [6.45, 7) is 1.41. The van der Waals surface area contributed by atoms with Crippen molar-refractivity contribution in [2.75, 3.05) is 19.8 Å². The second-order valence-corrected chi connectivity index (χ2v) is 6.45. The molecule has 0 bridgehead atoms. The zero-order valence-corrected chi connectivity index (χ0v) is 15.0. The van der Waals surface area contributed by atoms with Crippen LogP contribution in [0.25, 0.3) is 11.5 Å². The van der Waals surface area contributed by atoms with Crippen LogP contribution in [0.1, 0.15) is 17.4 Å². The van der Waals surface area contributed by atoms with Crippen LogP contribution in [-0.2, 0) is 18.3 Å². The SMILES string of the molecule is Cn1cc(-c2nc(C3COCCN3Cc3cc(F)ccc3[N+](=O)[O-])no2)cn1. The normalized spacial score (nSPS) is 17.7. The lowest BCUT2D eigenvalue weighted by Gasteiger charge is -2.33. The number of hydrogen-bond acceptors (Lipinski definition) is 8. The molecule has 3 heterocycles. The zero-order valence-electron chi connectivity index (χ0n) is 15.0. The van der Waals surface area contributed by atoms with Gasteiger partial charge in [0.05, 0.1) is 35.9 Å². The maximum atomic E-state index is 13.7. The maximum Gasteiger partial charge on any atom is 0.274 e. The molecular formula is C17H17FN6O4. The van der Waals surface area contributed by atoms with Crippen LogP contribution in [0.15, 0.2) is 35.1 Å². The minimum atomic E-state index is -0.524. The predicted molar refractivity (Wildman–Crippen MR) is 93.5 cm³/mol. The van der Waals surface area contributed by atoms with Crippen molar-refractivity contribution in [2.45, 2.75) is 12.6 Å². The molecule has 10 nitrogen and oxygen atoms in total. The number of benzene rings is 1. The van der Waals surface area contributed by atoms with E-state index in [2.05, 4.69) is 15.2 Å². The van der Waals surface area contributed by atoms with E-state index in [-0.39, 0.29) is 23.8 Å². The van der Waals surface area contributed by atoms with Crippen molar-refractivity contribution in [2.24, 2.45) is 7.05 Å². The molecule has 2 aromatic heterocycles. The standard InChI is InChI=1S/C17H17FN6O4/c1-22-8-12(7-19-22)17-20-16(21-28-17)15-10-27-5-4-23(15)9-11-6-13(18)2-3-14(11)24(25)26/h2-3,6-8,15H,4-5,9-10H2,1H3. The largest absolute Gasteiger partial charge is 0.378 e. The fourth-order valence-electron chi connectivity index (χ4n) is 3.16. The van der Waals surface area contributed by atoms with E-state index in [1.807, 2.05) is 4.90 Å². The molecule has 4 rings (SSSR count). The zero-order chi connectivity index (χ0) is 19.7. The number of nitro groups is 1. The molecule has 1 aromatic carbocycles. The molecule has 3 aromatic rings. The highest BCUT2D eigenvalue weighted by atomic mass is 19.1. The number of nitrogens with zero attached hydrogens (tertiary/aromatic N) is 6. The Labute approximate surface area is 158 Å². The van der Waals surface area contributed by atoms with Gasteiger partial charge in [-0.3, -0.25) is 19.7 Å². The van der Waals surface area contributed by atoms with Gasteiger partial charge in [0, 0.05) is 38.0 Å². The molecule has 1 aliphatic heterocycles. The Balaban J connectivity index is 1.60. The average Bonchev–Trinajstić information content (AvgIpc) is 3.31. The van der Waals surface area contributed by atoms with Crippen molar-refractivity contribution < 1.29 is 18.6 Å². The first-order chi connectivity index (χ1) is 13.5. The second-order valence-electron chi connectivity index (χ2n) is 6.45. The van der Waals surface area contributed by atoms with Gasteiger partial charge in [0.15, 0.2) is 5.82 Å². The molecule has 146 valence electrons. The monoisotopic (exact) mass is 388 g/mol. The summed E-state index contributed by atoms with van der Waals surface area (Å²) in [5.41, 5.74) is 0.842. The summed E-state index contributed by atoms with van der Waals surface area (Å²) >= 11 is 0. The third-order valence-electron chi connectivity index (χ3n) is 4.54. The summed E-state index contributed by atoms with van der Waals surface area (Å²) in [6, 6.07) is 3.07. The number of hydrogen-bond donors (Lipinski definition) is 0. The van der Waals surface area contributed by atoms with Crippen LogP contribution < -0.4 is 0 Å². The highest BCUT2D eigenvalue weighted by Gasteiger charge is 2.31. The molecule has 1 unspecified atom stereocenters. The average molecular weight is 388 g/mol. The first-order valence-corrected chi connectivity index (χ1v) is 8.58. The van der Waals surface area contributed by atoms with Gasteiger partial charge in [-0.15, -0.1) is 0 Å². The lowest BCUT2D eigenvalue weighted by atomic mass is 10.1. The van der Waals surface area contributed by atoms with Gasteiger partial charge in [0.25, 0.3) is 11.6 Å². The number of morpholine rings is 1. The van der Waals surface area contributed by atoms with Crippen molar-refractivity contribution in [1.29, 1.82) is 0 Å². The molecule has 0 radical (unpaired) electrons. The van der Waals surface area contributed by atoms with Crippen LogP contribution in [0.3, 0.4) is 0 Å². The maximum absolute atomic E-state index is 13.7. The Kier molecular flexibility index (Phi) is 4.84. The quantitative estimate of drug-likeness (QED) is 0.482. The Bertz CT molecular complexity index is 1000. The van der Waals surface area contributed by atoms with Gasteiger partial charge in [0.1, 0.15) is 5.82 Å². The molecule has 0 spiro atoms. The topological polar surface area (TPSA) is 112 Å². The second kappa shape index (κ2) is 7.44. The first-order valence-electron chi connectivity index (χ1n) is 8.58. The van der Waals surface area contributed by atoms with Crippen LogP contribution in [0.2, 0.25) is 0 Å². The molecule has 0 N–H and O–H groups in total. The third-order valence-corrected chi connectivity index (χ3v) is 4.54. The fraction of sp³-hybridized carbons (Fsp3) is 0.353. The summed E-state index contributed by atoms with van der Waals surface area (Å²) in [4.78, 5) is 17.1. The molecule has 11 heteroatoms. The number of ether oxygens (including phenoxy) is 1. The lowest BCUT2D eigenvalue weighted by molar-refractivity contribution is -0.385. The predicted octanol–water partition coefficient (Wildman–Crippen LogP) is 2.09. The number of aryl methyl sites for hydroxylation is 1. The summed E-state index contributed by atoms with van der Waals surface area (Å²) in [5, 5.41) is 19.4. The highest BCUT2D eigenvalue weighted by Crippen LogP contribution is 2.29. The molecule has 1 aliphatic rings. The van der Waals surface area contributed by atoms with E-state index in [1.165, 1.54) is 12.1 Å². The Morgan fingerprint density at radius 1 is 1.43 bits per heavy atom. The number of nitro benzene ring substituents is 1. The molecular weight excluding hydrogens is 371 g/mol. The minimum Gasteiger partial charge on any atom is -0.378 e. The molecule has 1 atom stereocenters. The number of aromatic nitrogens is 4. The van der Waals surface area contributed by atoms with Gasteiger partial charge in [-0.05, 0) is 12.1 Å². The van der Waals surface area contributed by atoms with E-state index in [0.29, 0.717) is 37.0 Å². The number of halogens is 1. The summed E-state index contributed by atoms with van der Waals surface area (Å²) in [5.74, 6) is 0.201. The van der Waals surface area contributed by atoms with Crippen molar-refractivity contribution in [1.82, 2.24) is 24.8 Å². The molecule has 1 saturated heterocycles. The van der Waals surface area contributed by atoms with Gasteiger partial charge >= 0.3 is 0 Å². The molecule has 0 saturated carbocycles. The van der Waals surface area contributed by atoms with Gasteiger partial charge in [-0.1, -0.05) is 5.16 Å². The van der Waals surface area contributed by atoms with E-state index in [0.717, 1.165) is 6.07 Å². The highest BCUT2D eigenvalue weighted by molar-refractivity contribution is 5.49. The smallest absolute Gasteiger partial charge is 0.274 e. The van der Waals surface area contributed by atoms with Crippen LogP contribution in [0.5, 0.6) is 0 Å². The molecule has 0 amide bonds. The van der Waals surface area contributed by atoms with E-state index in [9.17, 15) is 14.5 Å². The summed E-state index contributed by atoms with van der Waals surface area (Å²) < 4.78 is 26.2. The van der Waals surface area contributed by atoms with Crippen LogP contribution in [-0.4, -0.2) is 49.5 Å². The van der Waals surface area contributed by atoms with Crippen LogP contribution in [0.4, 0.5) is 10.1 Å². The van der Waals surface area contributed by atoms with E-state index >= 15 is 0 Å². The molecule has 28 heavy (non-hydrogen) atoms. The van der Waals surface area contributed by atoms with E-state index in [4.69, 9.17) is 9.26 Å². The van der Waals surface area contributed by atoms with Crippen molar-refractivity contribution >= 4 is 5.69 Å². The number of rotatable bonds is 5. The van der Waals surface area contributed by atoms with Crippen LogP contribution in [0, 0.1) is 15.9 Å². The third kappa shape index (κ3) is 3.62. The van der Waals surface area contributed by atoms with Crippen molar-refractivity contribution in [3.8, 4) is 11.5 Å². The summed E-state index contributed by atoms with van der Waals surface area (Å²) in [7, 11) is 1.78. The van der Waals surface area contributed by atoms with E-state index < -0.39 is 10.7 Å². The van der Waals surface area contributed by atoms with Gasteiger partial charge in [-0.25, -0.2) is 4.39 Å². The Hall–Kier alpha value is -3.18. The molecule has 0 aliphatic carbocycles. The van der Waals surface area contributed by atoms with Crippen molar-refractivity contribution in [3.63, 3.8) is 0 Å². The fourth-order valence-corrected chi connectivity index (χ4v) is 3.16. The lowest BCUT2D eigenvalue weighted by Crippen LogP contribution is -2.39. The van der Waals surface area contributed by atoms with Gasteiger partial charge in [0.2, 0.25) is 0 Å². The summed E-state index contributed by atoms with van der Waals surface area (Å²) in [6.07, 6.45) is 3.37.